The highest BCUT2D eigenvalue weighted by Gasteiger charge is 2.11. The van der Waals surface area contributed by atoms with Crippen molar-refractivity contribution >= 4 is 5.96 Å². The molecule has 0 heterocycles. The van der Waals surface area contributed by atoms with Crippen molar-refractivity contribution in [2.45, 2.75) is 51.6 Å². The van der Waals surface area contributed by atoms with Crippen molar-refractivity contribution in [3.05, 3.63) is 0 Å². The van der Waals surface area contributed by atoms with Gasteiger partial charge in [0.05, 0.1) is 19.3 Å². The van der Waals surface area contributed by atoms with E-state index in [9.17, 15) is 0 Å². The highest BCUT2D eigenvalue weighted by molar-refractivity contribution is 5.79. The number of hydrogen-bond acceptors (Lipinski definition) is 3. The molecule has 1 aliphatic rings. The van der Waals surface area contributed by atoms with Crippen molar-refractivity contribution in [2.75, 3.05) is 40.0 Å². The molecule has 0 aliphatic heterocycles. The monoisotopic (exact) mass is 285 g/mol. The number of nitrogens with one attached hydrogen (secondary N) is 2. The molecule has 0 bridgehead atoms. The molecular weight excluding hydrogens is 254 g/mol. The van der Waals surface area contributed by atoms with Crippen LogP contribution in [0.5, 0.6) is 0 Å². The zero-order valence-corrected chi connectivity index (χ0v) is 13.1. The topological polar surface area (TPSA) is 54.9 Å². The van der Waals surface area contributed by atoms with Crippen LogP contribution in [0.25, 0.3) is 0 Å². The third-order valence-corrected chi connectivity index (χ3v) is 3.52. The molecule has 0 radical (unpaired) electrons. The molecule has 5 nitrogen and oxygen atoms in total. The highest BCUT2D eigenvalue weighted by atomic mass is 16.5. The van der Waals surface area contributed by atoms with Gasteiger partial charge in [0.1, 0.15) is 0 Å². The van der Waals surface area contributed by atoms with Crippen LogP contribution in [0.4, 0.5) is 0 Å². The van der Waals surface area contributed by atoms with Crippen LogP contribution in [0.1, 0.15) is 45.4 Å². The van der Waals surface area contributed by atoms with Crippen LogP contribution in [0.15, 0.2) is 4.99 Å². The van der Waals surface area contributed by atoms with E-state index in [4.69, 9.17) is 9.47 Å². The van der Waals surface area contributed by atoms with Gasteiger partial charge in [0.15, 0.2) is 5.96 Å². The summed E-state index contributed by atoms with van der Waals surface area (Å²) < 4.78 is 11.2. The maximum atomic E-state index is 5.93. The van der Waals surface area contributed by atoms with E-state index in [2.05, 4.69) is 15.6 Å². The molecule has 1 rings (SSSR count). The molecule has 1 saturated carbocycles. The first-order valence-corrected chi connectivity index (χ1v) is 8.00. The first kappa shape index (κ1) is 17.2. The van der Waals surface area contributed by atoms with Crippen LogP contribution in [0.2, 0.25) is 0 Å². The Balaban J connectivity index is 2.02. The average Bonchev–Trinajstić information content (AvgIpc) is 2.74. The fourth-order valence-corrected chi connectivity index (χ4v) is 2.41. The number of guanidine groups is 1. The number of aliphatic imine (C=N–C) groups is 1. The Morgan fingerprint density at radius 2 is 1.70 bits per heavy atom. The smallest absolute Gasteiger partial charge is 0.191 e. The Bertz CT molecular complexity index is 252. The van der Waals surface area contributed by atoms with Gasteiger partial charge in [-0.25, -0.2) is 0 Å². The fraction of sp³-hybridized carbons (Fsp3) is 0.933. The third-order valence-electron chi connectivity index (χ3n) is 3.52. The van der Waals surface area contributed by atoms with E-state index < -0.39 is 0 Å². The Morgan fingerprint density at radius 3 is 2.30 bits per heavy atom. The summed E-state index contributed by atoms with van der Waals surface area (Å²) in [4.78, 5) is 4.17. The molecule has 1 fully saturated rings. The Hall–Kier alpha value is -0.810. The van der Waals surface area contributed by atoms with Crippen molar-refractivity contribution in [3.63, 3.8) is 0 Å². The molecule has 0 saturated heterocycles. The van der Waals surface area contributed by atoms with Gasteiger partial charge < -0.3 is 20.1 Å². The number of ether oxygens (including phenoxy) is 2. The molecular formula is C15H31N3O2. The second kappa shape index (κ2) is 12.0. The zero-order valence-electron chi connectivity index (χ0n) is 13.1. The molecule has 0 atom stereocenters. The minimum Gasteiger partial charge on any atom is -0.380 e. The van der Waals surface area contributed by atoms with Gasteiger partial charge in [-0.3, -0.25) is 4.99 Å². The van der Waals surface area contributed by atoms with Crippen molar-refractivity contribution in [2.24, 2.45) is 4.99 Å². The molecule has 5 heteroatoms. The summed E-state index contributed by atoms with van der Waals surface area (Å²) in [6.45, 7) is 5.77. The lowest BCUT2D eigenvalue weighted by Crippen LogP contribution is -2.40. The summed E-state index contributed by atoms with van der Waals surface area (Å²) in [6.07, 6.45) is 8.29. The number of nitrogens with zero attached hydrogens (tertiary/aromatic N) is 1. The van der Waals surface area contributed by atoms with E-state index >= 15 is 0 Å². The molecule has 118 valence electrons. The maximum absolute atomic E-state index is 5.93. The van der Waals surface area contributed by atoms with Crippen molar-refractivity contribution in [1.82, 2.24) is 10.6 Å². The number of rotatable bonds is 8. The van der Waals surface area contributed by atoms with E-state index in [1.54, 1.807) is 7.05 Å². The van der Waals surface area contributed by atoms with Gasteiger partial charge in [0.25, 0.3) is 0 Å². The molecule has 0 amide bonds. The Morgan fingerprint density at radius 1 is 1.05 bits per heavy atom. The molecule has 0 aromatic heterocycles. The molecule has 0 aromatic rings. The summed E-state index contributed by atoms with van der Waals surface area (Å²) in [5.41, 5.74) is 0. The molecule has 20 heavy (non-hydrogen) atoms. The van der Waals surface area contributed by atoms with E-state index in [0.29, 0.717) is 12.7 Å². The van der Waals surface area contributed by atoms with Gasteiger partial charge in [-0.15, -0.1) is 0 Å². The molecule has 0 aromatic carbocycles. The summed E-state index contributed by atoms with van der Waals surface area (Å²) >= 11 is 0. The van der Waals surface area contributed by atoms with Gasteiger partial charge in [-0.05, 0) is 19.8 Å². The van der Waals surface area contributed by atoms with E-state index in [1.165, 1.54) is 38.5 Å². The van der Waals surface area contributed by atoms with Crippen LogP contribution >= 0.6 is 0 Å². The first-order chi connectivity index (χ1) is 9.86. The minimum absolute atomic E-state index is 0.465. The fourth-order valence-electron chi connectivity index (χ4n) is 2.41. The molecule has 2 N–H and O–H groups in total. The largest absolute Gasteiger partial charge is 0.380 e. The summed E-state index contributed by atoms with van der Waals surface area (Å²) in [7, 11) is 1.78. The van der Waals surface area contributed by atoms with Crippen molar-refractivity contribution < 1.29 is 9.47 Å². The van der Waals surface area contributed by atoms with Gasteiger partial charge >= 0.3 is 0 Å². The Labute approximate surface area is 123 Å². The third kappa shape index (κ3) is 8.38. The summed E-state index contributed by atoms with van der Waals surface area (Å²) in [5, 5.41) is 6.47. The first-order valence-electron chi connectivity index (χ1n) is 8.00. The van der Waals surface area contributed by atoms with E-state index in [1.807, 2.05) is 6.92 Å². The maximum Gasteiger partial charge on any atom is 0.191 e. The lowest BCUT2D eigenvalue weighted by molar-refractivity contribution is 0.0468. The zero-order chi connectivity index (χ0) is 14.5. The standard InChI is InChI=1S/C15H31N3O2/c1-3-19-12-10-17-15(16-2)18-11-13-20-14-8-6-4-5-7-9-14/h14H,3-13H2,1-2H3,(H2,16,17,18). The summed E-state index contributed by atoms with van der Waals surface area (Å²) in [5.74, 6) is 0.814. The molecule has 1 aliphatic carbocycles. The van der Waals surface area contributed by atoms with Crippen LogP contribution in [-0.2, 0) is 9.47 Å². The lowest BCUT2D eigenvalue weighted by Gasteiger charge is -2.16. The van der Waals surface area contributed by atoms with E-state index in [-0.39, 0.29) is 0 Å². The lowest BCUT2D eigenvalue weighted by atomic mass is 10.1. The van der Waals surface area contributed by atoms with Gasteiger partial charge in [-0.2, -0.15) is 0 Å². The van der Waals surface area contributed by atoms with Gasteiger partial charge in [0, 0.05) is 26.7 Å². The normalized spacial score (nSPS) is 17.8. The molecule has 0 spiro atoms. The van der Waals surface area contributed by atoms with Crippen LogP contribution in [-0.4, -0.2) is 52.0 Å². The second-order valence-corrected chi connectivity index (χ2v) is 5.11. The van der Waals surface area contributed by atoms with E-state index in [0.717, 1.165) is 32.3 Å². The second-order valence-electron chi connectivity index (χ2n) is 5.11. The van der Waals surface area contributed by atoms with Crippen LogP contribution in [0.3, 0.4) is 0 Å². The van der Waals surface area contributed by atoms with Crippen molar-refractivity contribution in [3.8, 4) is 0 Å². The Kier molecular flexibility index (Phi) is 10.3. The predicted octanol–water partition coefficient (Wildman–Crippen LogP) is 1.93. The predicted molar refractivity (Wildman–Crippen MR) is 83.3 cm³/mol. The van der Waals surface area contributed by atoms with Crippen molar-refractivity contribution in [1.29, 1.82) is 0 Å². The van der Waals surface area contributed by atoms with Gasteiger partial charge in [-0.1, -0.05) is 25.7 Å². The minimum atomic E-state index is 0.465. The highest BCUT2D eigenvalue weighted by Crippen LogP contribution is 2.19. The van der Waals surface area contributed by atoms with Gasteiger partial charge in [0.2, 0.25) is 0 Å². The van der Waals surface area contributed by atoms with Crippen LogP contribution in [0, 0.1) is 0 Å². The summed E-state index contributed by atoms with van der Waals surface area (Å²) in [6, 6.07) is 0. The average molecular weight is 285 g/mol. The molecule has 0 unspecified atom stereocenters. The number of hydrogen-bond donors (Lipinski definition) is 2. The van der Waals surface area contributed by atoms with Crippen LogP contribution < -0.4 is 10.6 Å². The quantitative estimate of drug-likeness (QED) is 0.310. The SMILES string of the molecule is CCOCCNC(=NC)NCCOC1CCCCCC1.